The molecule has 7 nitrogen and oxygen atoms in total. The molecule has 33 heavy (non-hydrogen) atoms. The van der Waals surface area contributed by atoms with Crippen molar-refractivity contribution in [2.45, 2.75) is 24.3 Å². The van der Waals surface area contributed by atoms with E-state index in [1.165, 1.54) is 17.3 Å². The number of hydrogen-bond acceptors (Lipinski definition) is 5. The third-order valence-corrected chi connectivity index (χ3v) is 7.36. The van der Waals surface area contributed by atoms with Crippen LogP contribution in [-0.4, -0.2) is 39.3 Å². The zero-order valence-corrected chi connectivity index (χ0v) is 19.0. The van der Waals surface area contributed by atoms with E-state index in [0.29, 0.717) is 29.4 Å². The Balaban J connectivity index is 1.20. The van der Waals surface area contributed by atoms with E-state index >= 15 is 0 Å². The lowest BCUT2D eigenvalue weighted by Gasteiger charge is -2.25. The normalized spacial score (nSPS) is 17.8. The van der Waals surface area contributed by atoms with E-state index in [9.17, 15) is 13.2 Å². The zero-order valence-electron chi connectivity index (χ0n) is 18.2. The fourth-order valence-corrected chi connectivity index (χ4v) is 5.58. The number of sulfonamides is 1. The predicted molar refractivity (Wildman–Crippen MR) is 130 cm³/mol. The molecule has 1 amide bonds. The van der Waals surface area contributed by atoms with Crippen molar-refractivity contribution in [1.82, 2.24) is 5.32 Å². The van der Waals surface area contributed by atoms with Crippen molar-refractivity contribution in [3.63, 3.8) is 0 Å². The molecule has 0 aromatic heterocycles. The summed E-state index contributed by atoms with van der Waals surface area (Å²) < 4.78 is 28.2. The second-order valence-electron chi connectivity index (χ2n) is 8.24. The first kappa shape index (κ1) is 21.2. The number of carbonyl (C=O) groups is 1. The summed E-state index contributed by atoms with van der Waals surface area (Å²) in [6.45, 7) is 3.49. The second kappa shape index (κ2) is 8.37. The van der Waals surface area contributed by atoms with Gasteiger partial charge in [-0.2, -0.15) is 8.42 Å². The lowest BCUT2D eigenvalue weighted by atomic mass is 10.1. The van der Waals surface area contributed by atoms with Crippen molar-refractivity contribution in [1.29, 1.82) is 0 Å². The van der Waals surface area contributed by atoms with Crippen LogP contribution in [0.2, 0.25) is 0 Å². The van der Waals surface area contributed by atoms with Crippen molar-refractivity contribution < 1.29 is 13.2 Å². The maximum Gasteiger partial charge on any atom is 0.285 e. The first-order chi connectivity index (χ1) is 15.9. The van der Waals surface area contributed by atoms with E-state index in [1.54, 1.807) is 42.5 Å². The molecule has 8 heteroatoms. The minimum atomic E-state index is -3.68. The fraction of sp³-hybridized carbons (Fsp3) is 0.200. The van der Waals surface area contributed by atoms with Crippen molar-refractivity contribution in [2.75, 3.05) is 23.3 Å². The minimum absolute atomic E-state index is 0.146. The molecule has 0 spiro atoms. The third kappa shape index (κ3) is 4.09. The average Bonchev–Trinajstić information content (AvgIpc) is 3.27. The number of rotatable bonds is 5. The average molecular weight is 461 g/mol. The summed E-state index contributed by atoms with van der Waals surface area (Å²) in [4.78, 5) is 15.1. The van der Waals surface area contributed by atoms with Gasteiger partial charge in [-0.05, 0) is 61.4 Å². The van der Waals surface area contributed by atoms with Gasteiger partial charge < -0.3 is 15.5 Å². The molecule has 0 fully saturated rings. The van der Waals surface area contributed by atoms with Crippen LogP contribution in [0.25, 0.3) is 0 Å². The molecule has 2 heterocycles. The van der Waals surface area contributed by atoms with E-state index in [1.807, 2.05) is 6.07 Å². The van der Waals surface area contributed by atoms with Gasteiger partial charge in [0, 0.05) is 41.6 Å². The highest BCUT2D eigenvalue weighted by molar-refractivity contribution is 7.90. The van der Waals surface area contributed by atoms with Gasteiger partial charge >= 0.3 is 0 Å². The SMILES string of the molecule is CC1Cc2ccccc2N1CCNC(=O)c1ccc(NC2=NS(=O)(=O)c3ccccc32)cc1. The Labute approximate surface area is 193 Å². The Hall–Kier alpha value is -3.65. The van der Waals surface area contributed by atoms with Crippen molar-refractivity contribution in [3.8, 4) is 0 Å². The Morgan fingerprint density at radius 3 is 2.58 bits per heavy atom. The molecule has 0 saturated heterocycles. The summed E-state index contributed by atoms with van der Waals surface area (Å²) in [5.41, 5.74) is 4.32. The monoisotopic (exact) mass is 460 g/mol. The number of benzene rings is 3. The largest absolute Gasteiger partial charge is 0.367 e. The molecule has 1 atom stereocenters. The van der Waals surface area contributed by atoms with Crippen LogP contribution in [0.1, 0.15) is 28.4 Å². The van der Waals surface area contributed by atoms with Crippen molar-refractivity contribution in [3.05, 3.63) is 89.5 Å². The molecule has 0 radical (unpaired) electrons. The standard InChI is InChI=1S/C25H24N4O3S/c1-17-16-19-6-2-4-8-22(19)29(17)15-14-26-25(30)18-10-12-20(13-11-18)27-24-21-7-3-5-9-23(21)33(31,32)28-24/h2-13,17H,14-16H2,1H3,(H,26,30)(H,27,28). The molecular formula is C25H24N4O3S. The van der Waals surface area contributed by atoms with Crippen LogP contribution < -0.4 is 15.5 Å². The summed E-state index contributed by atoms with van der Waals surface area (Å²) in [6, 6.07) is 22.4. The molecule has 1 unspecified atom stereocenters. The van der Waals surface area contributed by atoms with Crippen LogP contribution in [0.4, 0.5) is 11.4 Å². The molecule has 0 aliphatic carbocycles. The summed E-state index contributed by atoms with van der Waals surface area (Å²) >= 11 is 0. The number of anilines is 2. The van der Waals surface area contributed by atoms with Gasteiger partial charge in [0.1, 0.15) is 4.90 Å². The molecule has 3 aromatic carbocycles. The number of hydrogen-bond donors (Lipinski definition) is 2. The maximum absolute atomic E-state index is 12.6. The molecule has 2 aliphatic rings. The second-order valence-corrected chi connectivity index (χ2v) is 9.82. The smallest absolute Gasteiger partial charge is 0.285 e. The van der Waals surface area contributed by atoms with Gasteiger partial charge in [0.15, 0.2) is 5.84 Å². The van der Waals surface area contributed by atoms with E-state index in [4.69, 9.17) is 0 Å². The Bertz CT molecular complexity index is 1350. The molecule has 3 aromatic rings. The van der Waals surface area contributed by atoms with Gasteiger partial charge in [0.2, 0.25) is 0 Å². The van der Waals surface area contributed by atoms with Crippen molar-refractivity contribution >= 4 is 33.1 Å². The number of nitrogens with one attached hydrogen (secondary N) is 2. The van der Waals surface area contributed by atoms with Crippen LogP contribution in [0, 0.1) is 0 Å². The number of carbonyl (C=O) groups excluding carboxylic acids is 1. The number of nitrogens with zero attached hydrogens (tertiary/aromatic N) is 2. The van der Waals surface area contributed by atoms with Gasteiger partial charge in [-0.25, -0.2) is 0 Å². The van der Waals surface area contributed by atoms with Crippen LogP contribution in [0.5, 0.6) is 0 Å². The van der Waals surface area contributed by atoms with Gasteiger partial charge in [-0.3, -0.25) is 4.79 Å². The summed E-state index contributed by atoms with van der Waals surface area (Å²) in [7, 11) is -3.68. The van der Waals surface area contributed by atoms with Crippen LogP contribution in [0.15, 0.2) is 82.1 Å². The summed E-state index contributed by atoms with van der Waals surface area (Å²) in [5.74, 6) is 0.135. The molecular weight excluding hydrogens is 436 g/mol. The maximum atomic E-state index is 12.6. The number of amidine groups is 1. The van der Waals surface area contributed by atoms with Gasteiger partial charge in [0.05, 0.1) is 0 Å². The Kier molecular flexibility index (Phi) is 5.38. The van der Waals surface area contributed by atoms with E-state index < -0.39 is 10.0 Å². The van der Waals surface area contributed by atoms with Gasteiger partial charge in [-0.15, -0.1) is 4.40 Å². The highest BCUT2D eigenvalue weighted by Gasteiger charge is 2.28. The Morgan fingerprint density at radius 1 is 1.03 bits per heavy atom. The van der Waals surface area contributed by atoms with Gasteiger partial charge in [-0.1, -0.05) is 30.3 Å². The molecule has 0 saturated carbocycles. The zero-order chi connectivity index (χ0) is 23.0. The first-order valence-electron chi connectivity index (χ1n) is 10.9. The van der Waals surface area contributed by atoms with Crippen LogP contribution >= 0.6 is 0 Å². The third-order valence-electron chi connectivity index (χ3n) is 6.03. The Morgan fingerprint density at radius 2 is 1.76 bits per heavy atom. The molecule has 5 rings (SSSR count). The van der Waals surface area contributed by atoms with Crippen LogP contribution in [0.3, 0.4) is 0 Å². The molecule has 0 bridgehead atoms. The lowest BCUT2D eigenvalue weighted by molar-refractivity contribution is 0.0954. The van der Waals surface area contributed by atoms with E-state index in [0.717, 1.165) is 13.0 Å². The van der Waals surface area contributed by atoms with E-state index in [2.05, 4.69) is 45.1 Å². The predicted octanol–water partition coefficient (Wildman–Crippen LogP) is 3.43. The highest BCUT2D eigenvalue weighted by atomic mass is 32.2. The fourth-order valence-electron chi connectivity index (χ4n) is 4.40. The number of amides is 1. The van der Waals surface area contributed by atoms with Gasteiger partial charge in [0.25, 0.3) is 15.9 Å². The van der Waals surface area contributed by atoms with E-state index in [-0.39, 0.29) is 16.6 Å². The molecule has 2 aliphatic heterocycles. The van der Waals surface area contributed by atoms with Crippen LogP contribution in [-0.2, 0) is 16.4 Å². The van der Waals surface area contributed by atoms with Crippen molar-refractivity contribution in [2.24, 2.45) is 4.40 Å². The quantitative estimate of drug-likeness (QED) is 0.609. The summed E-state index contributed by atoms with van der Waals surface area (Å²) in [6.07, 6.45) is 1.02. The highest BCUT2D eigenvalue weighted by Crippen LogP contribution is 2.31. The number of para-hydroxylation sites is 1. The number of fused-ring (bicyclic) bond motifs is 2. The summed E-state index contributed by atoms with van der Waals surface area (Å²) in [5, 5.41) is 6.04. The molecule has 2 N–H and O–H groups in total. The topological polar surface area (TPSA) is 90.9 Å². The first-order valence-corrected chi connectivity index (χ1v) is 12.3. The molecule has 168 valence electrons. The minimum Gasteiger partial charge on any atom is -0.367 e. The lowest BCUT2D eigenvalue weighted by Crippen LogP contribution is -2.37.